The molecule has 1 N–H and O–H groups in total. The summed E-state index contributed by atoms with van der Waals surface area (Å²) in [4.78, 5) is 26.8. The molecule has 0 saturated heterocycles. The van der Waals surface area contributed by atoms with Crippen molar-refractivity contribution in [2.24, 2.45) is 0 Å². The molecule has 210 valence electrons. The molecule has 1 aliphatic heterocycles. The number of hydrogen-bond donors (Lipinski definition) is 1. The molecule has 0 aliphatic carbocycles. The summed E-state index contributed by atoms with van der Waals surface area (Å²) in [5, 5.41) is 2.80. The van der Waals surface area contributed by atoms with Crippen LogP contribution in [0, 0.1) is 6.92 Å². The molecule has 0 saturated carbocycles. The third-order valence-corrected chi connectivity index (χ3v) is 8.82. The summed E-state index contributed by atoms with van der Waals surface area (Å²) in [5.74, 6) is -0.948. The molecule has 0 unspecified atom stereocenters. The second-order valence-corrected chi connectivity index (χ2v) is 11.7. The van der Waals surface area contributed by atoms with Crippen molar-refractivity contribution in [3.63, 3.8) is 0 Å². The number of ether oxygens (including phenoxy) is 2. The van der Waals surface area contributed by atoms with E-state index in [0.29, 0.717) is 30.0 Å². The molecule has 1 aliphatic rings. The van der Waals surface area contributed by atoms with Crippen molar-refractivity contribution in [3.05, 3.63) is 125 Å². The van der Waals surface area contributed by atoms with Gasteiger partial charge in [0.05, 0.1) is 23.3 Å². The van der Waals surface area contributed by atoms with Crippen molar-refractivity contribution in [1.29, 1.82) is 0 Å². The van der Waals surface area contributed by atoms with Gasteiger partial charge in [-0.25, -0.2) is 13.2 Å². The Morgan fingerprint density at radius 2 is 1.61 bits per heavy atom. The van der Waals surface area contributed by atoms with Gasteiger partial charge >= 0.3 is 5.97 Å². The summed E-state index contributed by atoms with van der Waals surface area (Å²) >= 11 is 0. The zero-order valence-corrected chi connectivity index (χ0v) is 23.6. The monoisotopic (exact) mass is 570 g/mol. The molecule has 8 nitrogen and oxygen atoms in total. The van der Waals surface area contributed by atoms with E-state index in [4.69, 9.17) is 9.47 Å². The average molecular weight is 571 g/mol. The third kappa shape index (κ3) is 6.16. The Hall–Kier alpha value is -4.47. The maximum absolute atomic E-state index is 13.5. The van der Waals surface area contributed by atoms with Crippen LogP contribution in [0.5, 0.6) is 5.75 Å². The van der Waals surface area contributed by atoms with E-state index in [1.54, 1.807) is 42.5 Å². The highest BCUT2D eigenvalue weighted by molar-refractivity contribution is 7.89. The number of benzene rings is 4. The zero-order valence-electron chi connectivity index (χ0n) is 22.7. The van der Waals surface area contributed by atoms with Gasteiger partial charge < -0.3 is 14.8 Å². The molecule has 0 fully saturated rings. The van der Waals surface area contributed by atoms with Crippen LogP contribution < -0.4 is 10.1 Å². The zero-order chi connectivity index (χ0) is 29.0. The Kier molecular flexibility index (Phi) is 8.19. The van der Waals surface area contributed by atoms with Crippen LogP contribution in [0.25, 0.3) is 0 Å². The number of anilines is 1. The fourth-order valence-electron chi connectivity index (χ4n) is 4.80. The van der Waals surface area contributed by atoms with Crippen LogP contribution in [0.2, 0.25) is 0 Å². The number of amides is 1. The molecule has 0 aromatic heterocycles. The first-order valence-electron chi connectivity index (χ1n) is 13.1. The van der Waals surface area contributed by atoms with E-state index in [1.165, 1.54) is 35.7 Å². The minimum absolute atomic E-state index is 0.0171. The number of aryl methyl sites for hydroxylation is 1. The second kappa shape index (κ2) is 12.0. The standard InChI is InChI=1S/C32H30N2O6S/c1-22-15-16-29(39-2)28(19-22)33-31(35)30(24-10-4-3-5-11-24)40-32(36)25-13-8-14-27(20-25)41(37,38)34-18-17-23-9-6-7-12-26(23)21-34/h3-16,19-20,30H,17-18,21H2,1-2H3,(H,33,35)/t30-/m1/s1. The van der Waals surface area contributed by atoms with Gasteiger partial charge in [0, 0.05) is 18.7 Å². The van der Waals surface area contributed by atoms with Crippen LogP contribution in [0.3, 0.4) is 0 Å². The van der Waals surface area contributed by atoms with Gasteiger partial charge in [-0.3, -0.25) is 4.79 Å². The first-order valence-corrected chi connectivity index (χ1v) is 14.6. The number of methoxy groups -OCH3 is 1. The normalized spacial score (nSPS) is 14.0. The minimum Gasteiger partial charge on any atom is -0.495 e. The van der Waals surface area contributed by atoms with Crippen LogP contribution in [0.15, 0.2) is 102 Å². The van der Waals surface area contributed by atoms with E-state index in [2.05, 4.69) is 5.32 Å². The van der Waals surface area contributed by atoms with Gasteiger partial charge in [0.25, 0.3) is 5.91 Å². The molecule has 0 radical (unpaired) electrons. The number of rotatable bonds is 8. The first-order chi connectivity index (χ1) is 19.8. The van der Waals surface area contributed by atoms with Crippen LogP contribution in [0.4, 0.5) is 5.69 Å². The molecule has 1 amide bonds. The maximum Gasteiger partial charge on any atom is 0.339 e. The lowest BCUT2D eigenvalue weighted by Crippen LogP contribution is -2.36. The van der Waals surface area contributed by atoms with E-state index >= 15 is 0 Å². The first kappa shape index (κ1) is 28.1. The number of sulfonamides is 1. The van der Waals surface area contributed by atoms with Crippen LogP contribution in [0.1, 0.15) is 38.7 Å². The number of esters is 1. The molecule has 0 bridgehead atoms. The minimum atomic E-state index is -3.88. The number of carbonyl (C=O) groups is 2. The van der Waals surface area contributed by atoms with Crippen LogP contribution in [-0.2, 0) is 32.5 Å². The lowest BCUT2D eigenvalue weighted by molar-refractivity contribution is -0.125. The number of nitrogens with zero attached hydrogens (tertiary/aromatic N) is 1. The van der Waals surface area contributed by atoms with E-state index in [9.17, 15) is 18.0 Å². The fourth-order valence-corrected chi connectivity index (χ4v) is 6.27. The van der Waals surface area contributed by atoms with Gasteiger partial charge in [0.15, 0.2) is 0 Å². The molecule has 1 atom stereocenters. The Morgan fingerprint density at radius 3 is 2.37 bits per heavy atom. The average Bonchev–Trinajstić information content (AvgIpc) is 3.00. The van der Waals surface area contributed by atoms with E-state index < -0.39 is 28.0 Å². The number of nitrogens with one attached hydrogen (secondary N) is 1. The Balaban J connectivity index is 1.39. The molecule has 1 heterocycles. The van der Waals surface area contributed by atoms with Crippen LogP contribution >= 0.6 is 0 Å². The lowest BCUT2D eigenvalue weighted by atomic mass is 10.0. The van der Waals surface area contributed by atoms with Crippen molar-refractivity contribution < 1.29 is 27.5 Å². The SMILES string of the molecule is COc1ccc(C)cc1NC(=O)[C@H](OC(=O)c1cccc(S(=O)(=O)N2CCc3ccccc3C2)c1)c1ccccc1. The van der Waals surface area contributed by atoms with Crippen molar-refractivity contribution >= 4 is 27.6 Å². The number of carbonyl (C=O) groups excluding carboxylic acids is 2. The third-order valence-electron chi connectivity index (χ3n) is 6.98. The summed E-state index contributed by atoms with van der Waals surface area (Å²) in [5.41, 5.74) is 3.91. The highest BCUT2D eigenvalue weighted by Crippen LogP contribution is 2.29. The van der Waals surface area contributed by atoms with Crippen LogP contribution in [-0.4, -0.2) is 38.3 Å². The van der Waals surface area contributed by atoms with Crippen molar-refractivity contribution in [1.82, 2.24) is 4.31 Å². The molecule has 5 rings (SSSR count). The van der Waals surface area contributed by atoms with Gasteiger partial charge in [-0.05, 0) is 60.4 Å². The lowest BCUT2D eigenvalue weighted by Gasteiger charge is -2.28. The van der Waals surface area contributed by atoms with Gasteiger partial charge in [-0.15, -0.1) is 0 Å². The molecule has 41 heavy (non-hydrogen) atoms. The summed E-state index contributed by atoms with van der Waals surface area (Å²) in [6, 6.07) is 27.4. The number of hydrogen-bond acceptors (Lipinski definition) is 6. The van der Waals surface area contributed by atoms with E-state index in [-0.39, 0.29) is 17.0 Å². The van der Waals surface area contributed by atoms with Crippen molar-refractivity contribution in [3.8, 4) is 5.75 Å². The predicted molar refractivity (Wildman–Crippen MR) is 155 cm³/mol. The molecule has 4 aromatic carbocycles. The molecule has 0 spiro atoms. The molecule has 4 aromatic rings. The van der Waals surface area contributed by atoms with Crippen molar-refractivity contribution in [2.75, 3.05) is 19.0 Å². The van der Waals surface area contributed by atoms with Gasteiger partial charge in [-0.2, -0.15) is 4.31 Å². The number of fused-ring (bicyclic) bond motifs is 1. The molecular weight excluding hydrogens is 540 g/mol. The van der Waals surface area contributed by atoms with Crippen molar-refractivity contribution in [2.45, 2.75) is 30.9 Å². The summed E-state index contributed by atoms with van der Waals surface area (Å²) < 4.78 is 39.5. The highest BCUT2D eigenvalue weighted by atomic mass is 32.2. The second-order valence-electron chi connectivity index (χ2n) is 9.77. The molecular formula is C32H30N2O6S. The Bertz CT molecular complexity index is 1690. The van der Waals surface area contributed by atoms with Gasteiger partial charge in [0.2, 0.25) is 16.1 Å². The Labute approximate surface area is 239 Å². The van der Waals surface area contributed by atoms with Gasteiger partial charge in [0.1, 0.15) is 5.75 Å². The maximum atomic E-state index is 13.5. The summed E-state index contributed by atoms with van der Waals surface area (Å²) in [6.45, 7) is 2.48. The summed E-state index contributed by atoms with van der Waals surface area (Å²) in [6.07, 6.45) is -0.690. The predicted octanol–water partition coefficient (Wildman–Crippen LogP) is 5.29. The van der Waals surface area contributed by atoms with E-state index in [1.807, 2.05) is 37.3 Å². The topological polar surface area (TPSA) is 102 Å². The van der Waals surface area contributed by atoms with E-state index in [0.717, 1.165) is 16.7 Å². The fraction of sp³-hybridized carbons (Fsp3) is 0.188. The Morgan fingerprint density at radius 1 is 0.878 bits per heavy atom. The summed E-state index contributed by atoms with van der Waals surface area (Å²) in [7, 11) is -2.38. The largest absolute Gasteiger partial charge is 0.495 e. The quantitative estimate of drug-likeness (QED) is 0.289. The highest BCUT2D eigenvalue weighted by Gasteiger charge is 2.30. The molecule has 9 heteroatoms. The van der Waals surface area contributed by atoms with Gasteiger partial charge in [-0.1, -0.05) is 66.7 Å². The smallest absolute Gasteiger partial charge is 0.339 e.